The van der Waals surface area contributed by atoms with E-state index in [0.717, 1.165) is 0 Å². The van der Waals surface area contributed by atoms with E-state index in [-0.39, 0.29) is 33.6 Å². The highest BCUT2D eigenvalue weighted by Gasteiger charge is 2.14. The molecule has 0 aliphatic rings. The van der Waals surface area contributed by atoms with E-state index in [1.165, 1.54) is 36.4 Å². The van der Waals surface area contributed by atoms with Gasteiger partial charge in [-0.05, 0) is 30.3 Å². The van der Waals surface area contributed by atoms with Gasteiger partial charge in [-0.1, -0.05) is 29.3 Å². The summed E-state index contributed by atoms with van der Waals surface area (Å²) >= 11 is 11.8. The van der Waals surface area contributed by atoms with Crippen LogP contribution < -0.4 is 21.8 Å². The highest BCUT2D eigenvalue weighted by molar-refractivity contribution is 6.35. The molecule has 1 aromatic heterocycles. The van der Waals surface area contributed by atoms with E-state index in [0.29, 0.717) is 5.02 Å². The van der Waals surface area contributed by atoms with Crippen LogP contribution in [0.1, 0.15) is 10.4 Å². The van der Waals surface area contributed by atoms with Gasteiger partial charge < -0.3 is 10.6 Å². The molecule has 2 amide bonds. The smallest absolute Gasteiger partial charge is 0.272 e. The number of hydrogen-bond acceptors (Lipinski definition) is 4. The molecule has 2 aromatic carbocycles. The molecule has 8 nitrogen and oxygen atoms in total. The molecule has 0 aliphatic heterocycles. The Morgan fingerprint density at radius 2 is 1.74 bits per heavy atom. The molecule has 0 radical (unpaired) electrons. The number of amides is 2. The molecule has 27 heavy (non-hydrogen) atoms. The van der Waals surface area contributed by atoms with E-state index in [4.69, 9.17) is 23.2 Å². The monoisotopic (exact) mass is 406 g/mol. The normalized spacial score (nSPS) is 10.6. The maximum Gasteiger partial charge on any atom is 0.272 e. The van der Waals surface area contributed by atoms with Crippen LogP contribution in [-0.2, 0) is 4.79 Å². The number of rotatable bonds is 4. The lowest BCUT2D eigenvalue weighted by atomic mass is 10.1. The van der Waals surface area contributed by atoms with E-state index in [2.05, 4.69) is 20.8 Å². The van der Waals surface area contributed by atoms with Crippen molar-refractivity contribution in [3.05, 3.63) is 72.7 Å². The molecule has 0 atom stereocenters. The summed E-state index contributed by atoms with van der Waals surface area (Å²) in [5.41, 5.74) is -0.773. The summed E-state index contributed by atoms with van der Waals surface area (Å²) in [5, 5.41) is 10.0. The molecule has 0 spiro atoms. The molecule has 0 saturated carbocycles. The molecule has 0 fully saturated rings. The number of aromatic nitrogens is 2. The first-order valence-corrected chi connectivity index (χ1v) is 8.39. The molecule has 0 bridgehead atoms. The lowest BCUT2D eigenvalue weighted by Crippen LogP contribution is -2.33. The van der Waals surface area contributed by atoms with Crippen LogP contribution >= 0.6 is 23.2 Å². The first-order valence-electron chi connectivity index (χ1n) is 7.63. The van der Waals surface area contributed by atoms with Gasteiger partial charge in [0.2, 0.25) is 5.91 Å². The number of nitrogens with one attached hydrogen (secondary N) is 4. The van der Waals surface area contributed by atoms with E-state index in [1.54, 1.807) is 0 Å². The van der Waals surface area contributed by atoms with Crippen molar-refractivity contribution in [2.75, 3.05) is 11.9 Å². The summed E-state index contributed by atoms with van der Waals surface area (Å²) in [4.78, 5) is 48.1. The van der Waals surface area contributed by atoms with Crippen LogP contribution in [0.5, 0.6) is 0 Å². The zero-order valence-corrected chi connectivity index (χ0v) is 15.1. The Hall–Kier alpha value is -3.10. The lowest BCUT2D eigenvalue weighted by Gasteiger charge is -2.09. The molecule has 3 rings (SSSR count). The van der Waals surface area contributed by atoms with Gasteiger partial charge in [0.1, 0.15) is 0 Å². The first-order chi connectivity index (χ1) is 12.9. The molecule has 1 heterocycles. The summed E-state index contributed by atoms with van der Waals surface area (Å²) in [5.74, 6) is -1.17. The van der Waals surface area contributed by atoms with E-state index in [9.17, 15) is 19.2 Å². The average molecular weight is 407 g/mol. The summed E-state index contributed by atoms with van der Waals surface area (Å²) in [6.45, 7) is -0.376. The Labute approximate surface area is 161 Å². The second-order valence-corrected chi connectivity index (χ2v) is 6.34. The molecule has 0 unspecified atom stereocenters. The minimum atomic E-state index is -0.589. The lowest BCUT2D eigenvalue weighted by molar-refractivity contribution is -0.115. The quantitative estimate of drug-likeness (QED) is 0.527. The molecule has 3 aromatic rings. The van der Waals surface area contributed by atoms with E-state index < -0.39 is 22.9 Å². The van der Waals surface area contributed by atoms with Crippen molar-refractivity contribution in [2.45, 2.75) is 0 Å². The van der Waals surface area contributed by atoms with Crippen molar-refractivity contribution >= 4 is 51.5 Å². The Balaban J connectivity index is 1.75. The van der Waals surface area contributed by atoms with Gasteiger partial charge in [-0.15, -0.1) is 0 Å². The Morgan fingerprint density at radius 3 is 2.52 bits per heavy atom. The number of aromatic amines is 2. The van der Waals surface area contributed by atoms with Gasteiger partial charge in [-0.2, -0.15) is 0 Å². The first kappa shape index (κ1) is 18.7. The average Bonchev–Trinajstić information content (AvgIpc) is 2.65. The zero-order chi connectivity index (χ0) is 19.6. The van der Waals surface area contributed by atoms with Gasteiger partial charge in [0, 0.05) is 5.02 Å². The Bertz CT molecular complexity index is 1170. The molecule has 4 N–H and O–H groups in total. The number of hydrogen-bond donors (Lipinski definition) is 4. The van der Waals surface area contributed by atoms with Gasteiger partial charge >= 0.3 is 0 Å². The predicted molar refractivity (Wildman–Crippen MR) is 103 cm³/mol. The van der Waals surface area contributed by atoms with Crippen molar-refractivity contribution in [1.29, 1.82) is 0 Å². The topological polar surface area (TPSA) is 124 Å². The Kier molecular flexibility index (Phi) is 5.29. The molecular weight excluding hydrogens is 395 g/mol. The van der Waals surface area contributed by atoms with Crippen LogP contribution in [0.15, 0.2) is 46.0 Å². The minimum Gasteiger partial charge on any atom is -0.343 e. The number of halogens is 2. The van der Waals surface area contributed by atoms with Crippen molar-refractivity contribution in [3.63, 3.8) is 0 Å². The minimum absolute atomic E-state index is 0.0406. The third kappa shape index (κ3) is 4.02. The van der Waals surface area contributed by atoms with Crippen LogP contribution in [0.4, 0.5) is 5.69 Å². The highest BCUT2D eigenvalue weighted by Crippen LogP contribution is 2.20. The van der Waals surface area contributed by atoms with Crippen molar-refractivity contribution in [1.82, 2.24) is 15.5 Å². The largest absolute Gasteiger partial charge is 0.343 e. The standard InChI is InChI=1S/C17H12Cl2N4O4/c18-8-4-5-11(19)10(6-8)15(25)20-7-13(24)21-12-3-1-2-9-14(12)17(27)23-22-16(9)26/h1-6H,7H2,(H,20,25)(H,21,24)(H,22,26)(H,23,27). The van der Waals surface area contributed by atoms with Gasteiger partial charge in [0.25, 0.3) is 17.0 Å². The van der Waals surface area contributed by atoms with Crippen LogP contribution in [0.2, 0.25) is 10.0 Å². The summed E-state index contributed by atoms with van der Waals surface area (Å²) in [6, 6.07) is 8.85. The second kappa shape index (κ2) is 7.65. The van der Waals surface area contributed by atoms with Crippen molar-refractivity contribution < 1.29 is 9.59 Å². The molecule has 138 valence electrons. The number of carbonyl (C=O) groups excluding carboxylic acids is 2. The van der Waals surface area contributed by atoms with Gasteiger partial charge in [0.15, 0.2) is 0 Å². The maximum atomic E-state index is 12.2. The van der Waals surface area contributed by atoms with Crippen LogP contribution in [-0.4, -0.2) is 28.6 Å². The van der Waals surface area contributed by atoms with Gasteiger partial charge in [0.05, 0.1) is 33.6 Å². The summed E-state index contributed by atoms with van der Waals surface area (Å²) < 4.78 is 0. The number of anilines is 1. The number of carbonyl (C=O) groups is 2. The van der Waals surface area contributed by atoms with Gasteiger partial charge in [-0.25, -0.2) is 0 Å². The fraction of sp³-hybridized carbons (Fsp3) is 0.0588. The maximum absolute atomic E-state index is 12.2. The Morgan fingerprint density at radius 1 is 1.00 bits per heavy atom. The van der Waals surface area contributed by atoms with Crippen LogP contribution in [0, 0.1) is 0 Å². The van der Waals surface area contributed by atoms with Crippen molar-refractivity contribution in [3.8, 4) is 0 Å². The number of H-pyrrole nitrogens is 2. The number of benzene rings is 2. The van der Waals surface area contributed by atoms with E-state index in [1.807, 2.05) is 0 Å². The molecular formula is C17H12Cl2N4O4. The fourth-order valence-electron chi connectivity index (χ4n) is 2.46. The third-order valence-corrected chi connectivity index (χ3v) is 4.25. The second-order valence-electron chi connectivity index (χ2n) is 5.49. The summed E-state index contributed by atoms with van der Waals surface area (Å²) in [7, 11) is 0. The molecule has 0 saturated heterocycles. The van der Waals surface area contributed by atoms with Crippen molar-refractivity contribution in [2.24, 2.45) is 0 Å². The van der Waals surface area contributed by atoms with E-state index >= 15 is 0 Å². The zero-order valence-electron chi connectivity index (χ0n) is 13.6. The highest BCUT2D eigenvalue weighted by atomic mass is 35.5. The SMILES string of the molecule is O=C(CNC(=O)c1cc(Cl)ccc1Cl)Nc1cccc2c(=O)[nH][nH]c(=O)c12. The van der Waals surface area contributed by atoms with Crippen LogP contribution in [0.25, 0.3) is 10.8 Å². The van der Waals surface area contributed by atoms with Crippen LogP contribution in [0.3, 0.4) is 0 Å². The summed E-state index contributed by atoms with van der Waals surface area (Å²) in [6.07, 6.45) is 0. The molecule has 0 aliphatic carbocycles. The fourth-order valence-corrected chi connectivity index (χ4v) is 2.83. The molecule has 10 heteroatoms. The number of fused-ring (bicyclic) bond motifs is 1. The predicted octanol–water partition coefficient (Wildman–Crippen LogP) is 1.89. The third-order valence-electron chi connectivity index (χ3n) is 3.68. The van der Waals surface area contributed by atoms with Gasteiger partial charge in [-0.3, -0.25) is 29.4 Å².